The van der Waals surface area contributed by atoms with Crippen molar-refractivity contribution in [3.8, 4) is 0 Å². The van der Waals surface area contributed by atoms with Crippen molar-refractivity contribution in [2.24, 2.45) is 0 Å². The van der Waals surface area contributed by atoms with Crippen molar-refractivity contribution in [2.45, 2.75) is 44.8 Å². The SMILES string of the molecule is CCCCSC(C)C(=O)Nc1cccc(CCC(=O)O)c1. The molecule has 1 aromatic rings. The third-order valence-corrected chi connectivity index (χ3v) is 4.30. The van der Waals surface area contributed by atoms with Crippen LogP contribution in [0.2, 0.25) is 0 Å². The Bertz CT molecular complexity index is 476. The van der Waals surface area contributed by atoms with E-state index in [0.29, 0.717) is 6.42 Å². The van der Waals surface area contributed by atoms with E-state index in [1.165, 1.54) is 0 Å². The highest BCUT2D eigenvalue weighted by Crippen LogP contribution is 2.17. The van der Waals surface area contributed by atoms with E-state index in [9.17, 15) is 9.59 Å². The third kappa shape index (κ3) is 7.18. The van der Waals surface area contributed by atoms with Crippen molar-refractivity contribution in [2.75, 3.05) is 11.1 Å². The molecular formula is C16H23NO3S. The second-order valence-electron chi connectivity index (χ2n) is 4.95. The Morgan fingerprint density at radius 3 is 2.81 bits per heavy atom. The van der Waals surface area contributed by atoms with E-state index in [-0.39, 0.29) is 17.6 Å². The van der Waals surface area contributed by atoms with E-state index in [0.717, 1.165) is 29.8 Å². The van der Waals surface area contributed by atoms with E-state index in [2.05, 4.69) is 12.2 Å². The Hall–Kier alpha value is -1.49. The number of nitrogens with one attached hydrogen (secondary N) is 1. The molecule has 1 atom stereocenters. The number of thioether (sulfide) groups is 1. The van der Waals surface area contributed by atoms with Crippen LogP contribution in [0.1, 0.15) is 38.7 Å². The van der Waals surface area contributed by atoms with Gasteiger partial charge in [0.25, 0.3) is 0 Å². The Morgan fingerprint density at radius 2 is 2.14 bits per heavy atom. The molecule has 1 rings (SSSR count). The molecule has 0 bridgehead atoms. The van der Waals surface area contributed by atoms with Crippen molar-refractivity contribution >= 4 is 29.3 Å². The molecule has 2 N–H and O–H groups in total. The molecule has 1 aromatic carbocycles. The fourth-order valence-corrected chi connectivity index (χ4v) is 2.80. The molecule has 5 heteroatoms. The number of rotatable bonds is 9. The van der Waals surface area contributed by atoms with Gasteiger partial charge in [-0.25, -0.2) is 0 Å². The standard InChI is InChI=1S/C16H23NO3S/c1-3-4-10-21-12(2)16(20)17-14-7-5-6-13(11-14)8-9-15(18)19/h5-7,11-12H,3-4,8-10H2,1-2H3,(H,17,20)(H,18,19). The van der Waals surface area contributed by atoms with Gasteiger partial charge in [0.05, 0.1) is 5.25 Å². The van der Waals surface area contributed by atoms with E-state index >= 15 is 0 Å². The summed E-state index contributed by atoms with van der Waals surface area (Å²) in [5, 5.41) is 11.5. The highest BCUT2D eigenvalue weighted by Gasteiger charge is 2.13. The molecule has 0 aromatic heterocycles. The minimum atomic E-state index is -0.814. The number of benzene rings is 1. The molecule has 0 fully saturated rings. The average molecular weight is 309 g/mol. The summed E-state index contributed by atoms with van der Waals surface area (Å²) >= 11 is 1.66. The summed E-state index contributed by atoms with van der Waals surface area (Å²) in [5.41, 5.74) is 1.65. The van der Waals surface area contributed by atoms with E-state index < -0.39 is 5.97 Å². The summed E-state index contributed by atoms with van der Waals surface area (Å²) < 4.78 is 0. The van der Waals surface area contributed by atoms with Crippen LogP contribution in [0.4, 0.5) is 5.69 Å². The zero-order valence-corrected chi connectivity index (χ0v) is 13.4. The molecule has 1 unspecified atom stereocenters. The predicted octanol–water partition coefficient (Wildman–Crippen LogP) is 3.56. The molecule has 0 aliphatic rings. The molecule has 0 aliphatic heterocycles. The summed E-state index contributed by atoms with van der Waals surface area (Å²) in [6.45, 7) is 4.04. The number of carboxylic acids is 1. The van der Waals surface area contributed by atoms with Crippen molar-refractivity contribution in [1.82, 2.24) is 0 Å². The van der Waals surface area contributed by atoms with Crippen molar-refractivity contribution < 1.29 is 14.7 Å². The van der Waals surface area contributed by atoms with Crippen LogP contribution in [0.5, 0.6) is 0 Å². The number of amides is 1. The highest BCUT2D eigenvalue weighted by atomic mass is 32.2. The van der Waals surface area contributed by atoms with Gasteiger partial charge in [-0.3, -0.25) is 9.59 Å². The van der Waals surface area contributed by atoms with Crippen LogP contribution in [0, 0.1) is 0 Å². The second kappa shape index (κ2) is 9.45. The van der Waals surface area contributed by atoms with Gasteiger partial charge in [-0.1, -0.05) is 25.5 Å². The molecular weight excluding hydrogens is 286 g/mol. The van der Waals surface area contributed by atoms with Crippen molar-refractivity contribution in [3.05, 3.63) is 29.8 Å². The summed E-state index contributed by atoms with van der Waals surface area (Å²) in [5.74, 6) is 0.167. The average Bonchev–Trinajstić information content (AvgIpc) is 2.45. The van der Waals surface area contributed by atoms with Crippen LogP contribution >= 0.6 is 11.8 Å². The van der Waals surface area contributed by atoms with Gasteiger partial charge < -0.3 is 10.4 Å². The van der Waals surface area contributed by atoms with Gasteiger partial charge in [0.1, 0.15) is 0 Å². The Kier molecular flexibility index (Phi) is 7.90. The Morgan fingerprint density at radius 1 is 1.38 bits per heavy atom. The van der Waals surface area contributed by atoms with Crippen LogP contribution in [0.25, 0.3) is 0 Å². The monoisotopic (exact) mass is 309 g/mol. The molecule has 116 valence electrons. The molecule has 0 spiro atoms. The number of hydrogen-bond donors (Lipinski definition) is 2. The lowest BCUT2D eigenvalue weighted by atomic mass is 10.1. The first kappa shape index (κ1) is 17.6. The smallest absolute Gasteiger partial charge is 0.303 e. The Labute approximate surface area is 130 Å². The van der Waals surface area contributed by atoms with Gasteiger partial charge in [-0.15, -0.1) is 11.8 Å². The van der Waals surface area contributed by atoms with Gasteiger partial charge in [-0.2, -0.15) is 0 Å². The molecule has 0 aliphatic carbocycles. The van der Waals surface area contributed by atoms with Gasteiger partial charge >= 0.3 is 5.97 Å². The first-order valence-electron chi connectivity index (χ1n) is 7.26. The molecule has 0 radical (unpaired) electrons. The number of aryl methyl sites for hydroxylation is 1. The van der Waals surface area contributed by atoms with Gasteiger partial charge in [0.2, 0.25) is 5.91 Å². The fourth-order valence-electron chi connectivity index (χ4n) is 1.78. The fraction of sp³-hybridized carbons (Fsp3) is 0.500. The minimum Gasteiger partial charge on any atom is -0.481 e. The van der Waals surface area contributed by atoms with Crippen molar-refractivity contribution in [3.63, 3.8) is 0 Å². The Balaban J connectivity index is 2.51. The lowest BCUT2D eigenvalue weighted by molar-refractivity contribution is -0.137. The van der Waals surface area contributed by atoms with Crippen LogP contribution in [0.15, 0.2) is 24.3 Å². The number of unbranched alkanes of at least 4 members (excludes halogenated alkanes) is 1. The summed E-state index contributed by atoms with van der Waals surface area (Å²) in [7, 11) is 0. The predicted molar refractivity (Wildman–Crippen MR) is 87.9 cm³/mol. The number of anilines is 1. The van der Waals surface area contributed by atoms with E-state index in [1.54, 1.807) is 11.8 Å². The third-order valence-electron chi connectivity index (χ3n) is 3.06. The van der Waals surface area contributed by atoms with Crippen LogP contribution in [-0.2, 0) is 16.0 Å². The molecule has 0 heterocycles. The summed E-state index contributed by atoms with van der Waals surface area (Å²) in [6.07, 6.45) is 2.82. The molecule has 0 saturated carbocycles. The number of aliphatic carboxylic acids is 1. The van der Waals surface area contributed by atoms with E-state index in [1.807, 2.05) is 31.2 Å². The zero-order valence-electron chi connectivity index (χ0n) is 12.6. The largest absolute Gasteiger partial charge is 0.481 e. The topological polar surface area (TPSA) is 66.4 Å². The van der Waals surface area contributed by atoms with Crippen molar-refractivity contribution in [1.29, 1.82) is 0 Å². The molecule has 1 amide bonds. The minimum absolute atomic E-state index is 0.00788. The molecule has 21 heavy (non-hydrogen) atoms. The van der Waals surface area contributed by atoms with Gasteiger partial charge in [-0.05, 0) is 43.2 Å². The number of carbonyl (C=O) groups excluding carboxylic acids is 1. The lowest BCUT2D eigenvalue weighted by Gasteiger charge is -2.12. The number of carbonyl (C=O) groups is 2. The lowest BCUT2D eigenvalue weighted by Crippen LogP contribution is -2.22. The highest BCUT2D eigenvalue weighted by molar-refractivity contribution is 8.00. The maximum Gasteiger partial charge on any atom is 0.303 e. The van der Waals surface area contributed by atoms with Crippen LogP contribution in [0.3, 0.4) is 0 Å². The molecule has 4 nitrogen and oxygen atoms in total. The first-order chi connectivity index (χ1) is 10.0. The zero-order chi connectivity index (χ0) is 15.7. The maximum atomic E-state index is 12.1. The van der Waals surface area contributed by atoms with Gasteiger partial charge in [0, 0.05) is 12.1 Å². The normalized spacial score (nSPS) is 11.9. The number of carboxylic acid groups (broad SMARTS) is 1. The van der Waals surface area contributed by atoms with Crippen LogP contribution < -0.4 is 5.32 Å². The van der Waals surface area contributed by atoms with Crippen LogP contribution in [-0.4, -0.2) is 28.0 Å². The number of hydrogen-bond acceptors (Lipinski definition) is 3. The quantitative estimate of drug-likeness (QED) is 0.684. The molecule has 0 saturated heterocycles. The first-order valence-corrected chi connectivity index (χ1v) is 8.31. The maximum absolute atomic E-state index is 12.1. The van der Waals surface area contributed by atoms with Gasteiger partial charge in [0.15, 0.2) is 0 Å². The summed E-state index contributed by atoms with van der Waals surface area (Å²) in [4.78, 5) is 22.6. The summed E-state index contributed by atoms with van der Waals surface area (Å²) in [6, 6.07) is 7.37. The van der Waals surface area contributed by atoms with E-state index in [4.69, 9.17) is 5.11 Å². The second-order valence-corrected chi connectivity index (χ2v) is 6.40.